The van der Waals surface area contributed by atoms with Gasteiger partial charge in [0.15, 0.2) is 0 Å². The van der Waals surface area contributed by atoms with Crippen molar-refractivity contribution in [3.8, 4) is 5.75 Å². The lowest BCUT2D eigenvalue weighted by molar-refractivity contribution is -0.139. The number of nitrogens with zero attached hydrogens (tertiary/aromatic N) is 1. The van der Waals surface area contributed by atoms with Crippen LogP contribution in [0.25, 0.3) is 0 Å². The van der Waals surface area contributed by atoms with E-state index in [2.05, 4.69) is 0 Å². The first kappa shape index (κ1) is 12.0. The van der Waals surface area contributed by atoms with E-state index in [0.717, 1.165) is 23.6 Å². The van der Waals surface area contributed by atoms with Crippen molar-refractivity contribution in [3.63, 3.8) is 0 Å². The fourth-order valence-electron chi connectivity index (χ4n) is 2.75. The summed E-state index contributed by atoms with van der Waals surface area (Å²) in [5.74, 6) is 0.941. The molecule has 2 atom stereocenters. The molecular weight excluding hydrogens is 250 g/mol. The highest BCUT2D eigenvalue weighted by Crippen LogP contribution is 2.46. The smallest absolute Gasteiger partial charge is 0.223 e. The number of fused-ring (bicyclic) bond motifs is 1. The average molecular weight is 267 g/mol. The van der Waals surface area contributed by atoms with Crippen molar-refractivity contribution in [2.75, 3.05) is 6.54 Å². The van der Waals surface area contributed by atoms with Crippen molar-refractivity contribution in [3.05, 3.63) is 16.3 Å². The van der Waals surface area contributed by atoms with Gasteiger partial charge < -0.3 is 14.7 Å². The summed E-state index contributed by atoms with van der Waals surface area (Å²) in [6, 6.07) is 1.67. The first-order chi connectivity index (χ1) is 8.50. The Bertz CT molecular complexity index is 482. The van der Waals surface area contributed by atoms with Gasteiger partial charge in [-0.25, -0.2) is 0 Å². The number of hydrogen-bond donors (Lipinski definition) is 1. The third kappa shape index (κ3) is 1.65. The van der Waals surface area contributed by atoms with Gasteiger partial charge in [-0.2, -0.15) is 0 Å². The molecule has 18 heavy (non-hydrogen) atoms. The second-order valence-corrected chi connectivity index (χ2v) is 6.38. The predicted octanol–water partition coefficient (Wildman–Crippen LogP) is 1.94. The van der Waals surface area contributed by atoms with Gasteiger partial charge in [0.05, 0.1) is 10.9 Å². The molecule has 0 aliphatic carbocycles. The number of likely N-dealkylation sites (tertiary alicyclic amines) is 1. The summed E-state index contributed by atoms with van der Waals surface area (Å²) >= 11 is 1.55. The number of hydrogen-bond acceptors (Lipinski definition) is 4. The van der Waals surface area contributed by atoms with Gasteiger partial charge in [-0.05, 0) is 31.7 Å². The van der Waals surface area contributed by atoms with E-state index in [9.17, 15) is 9.90 Å². The van der Waals surface area contributed by atoms with Crippen molar-refractivity contribution in [2.24, 2.45) is 0 Å². The molecule has 0 unspecified atom stereocenters. The summed E-state index contributed by atoms with van der Waals surface area (Å²) in [6.45, 7) is 4.46. The van der Waals surface area contributed by atoms with Crippen LogP contribution in [0.1, 0.15) is 37.6 Å². The Hall–Kier alpha value is -1.07. The molecule has 1 saturated heterocycles. The van der Waals surface area contributed by atoms with E-state index in [1.54, 1.807) is 11.3 Å². The molecule has 2 aliphatic rings. The lowest BCUT2D eigenvalue weighted by atomic mass is 9.90. The van der Waals surface area contributed by atoms with Crippen molar-refractivity contribution in [1.82, 2.24) is 4.90 Å². The quantitative estimate of drug-likeness (QED) is 0.846. The summed E-state index contributed by atoms with van der Waals surface area (Å²) in [4.78, 5) is 14.7. The molecule has 5 heteroatoms. The number of carbonyl (C=O) groups is 1. The molecule has 3 rings (SSSR count). The highest BCUT2D eigenvalue weighted by Gasteiger charge is 2.48. The fourth-order valence-corrected chi connectivity index (χ4v) is 3.71. The molecule has 0 bridgehead atoms. The molecular formula is C13H17NO3S. The van der Waals surface area contributed by atoms with Crippen LogP contribution >= 0.6 is 11.3 Å². The number of ether oxygens (including phenoxy) is 1. The van der Waals surface area contributed by atoms with Gasteiger partial charge in [0.1, 0.15) is 17.5 Å². The summed E-state index contributed by atoms with van der Waals surface area (Å²) in [7, 11) is 0. The van der Waals surface area contributed by atoms with Crippen LogP contribution in [0.3, 0.4) is 0 Å². The van der Waals surface area contributed by atoms with Crippen molar-refractivity contribution >= 4 is 17.2 Å². The van der Waals surface area contributed by atoms with Crippen LogP contribution in [0.15, 0.2) is 11.4 Å². The van der Waals surface area contributed by atoms with E-state index in [-0.39, 0.29) is 11.9 Å². The number of aliphatic hydroxyl groups excluding tert-OH is 1. The van der Waals surface area contributed by atoms with Gasteiger partial charge in [0, 0.05) is 13.0 Å². The van der Waals surface area contributed by atoms with E-state index in [1.165, 1.54) is 0 Å². The highest BCUT2D eigenvalue weighted by molar-refractivity contribution is 7.10. The maximum atomic E-state index is 11.9. The van der Waals surface area contributed by atoms with E-state index in [4.69, 9.17) is 4.74 Å². The maximum Gasteiger partial charge on any atom is 0.223 e. The minimum absolute atomic E-state index is 0.135. The molecule has 0 spiro atoms. The SMILES string of the molecule is CC1(C)Oc2ccsc2[C@@H](N2CCCC2=O)[C@@H]1O. The molecule has 1 N–H and O–H groups in total. The molecule has 1 amide bonds. The summed E-state index contributed by atoms with van der Waals surface area (Å²) < 4.78 is 5.82. The molecule has 1 aromatic heterocycles. The third-order valence-corrected chi connectivity index (χ3v) is 4.72. The predicted molar refractivity (Wildman–Crippen MR) is 68.7 cm³/mol. The number of carbonyl (C=O) groups excluding carboxylic acids is 1. The lowest BCUT2D eigenvalue weighted by Gasteiger charge is -2.43. The van der Waals surface area contributed by atoms with Crippen LogP contribution in [-0.4, -0.2) is 34.2 Å². The molecule has 0 saturated carbocycles. The van der Waals surface area contributed by atoms with Crippen molar-refractivity contribution in [1.29, 1.82) is 0 Å². The zero-order valence-corrected chi connectivity index (χ0v) is 11.4. The normalized spacial score (nSPS) is 30.2. The molecule has 0 radical (unpaired) electrons. The molecule has 3 heterocycles. The molecule has 1 aromatic rings. The van der Waals surface area contributed by atoms with Gasteiger partial charge in [-0.1, -0.05) is 0 Å². The Morgan fingerprint density at radius 1 is 1.56 bits per heavy atom. The highest BCUT2D eigenvalue weighted by atomic mass is 32.1. The first-order valence-electron chi connectivity index (χ1n) is 6.24. The van der Waals surface area contributed by atoms with E-state index >= 15 is 0 Å². The Morgan fingerprint density at radius 2 is 2.33 bits per heavy atom. The van der Waals surface area contributed by atoms with Crippen molar-refractivity contribution < 1.29 is 14.6 Å². The minimum Gasteiger partial charge on any atom is -0.484 e. The second kappa shape index (κ2) is 3.96. The average Bonchev–Trinajstić information content (AvgIpc) is 2.89. The van der Waals surface area contributed by atoms with Crippen LogP contribution in [-0.2, 0) is 4.79 Å². The second-order valence-electron chi connectivity index (χ2n) is 5.43. The van der Waals surface area contributed by atoms with Crippen LogP contribution in [0, 0.1) is 0 Å². The summed E-state index contributed by atoms with van der Waals surface area (Å²) in [5, 5.41) is 12.5. The molecule has 0 aromatic carbocycles. The number of aliphatic hydroxyl groups is 1. The van der Waals surface area contributed by atoms with Gasteiger partial charge in [-0.3, -0.25) is 4.79 Å². The van der Waals surface area contributed by atoms with Crippen LogP contribution in [0.4, 0.5) is 0 Å². The third-order valence-electron chi connectivity index (χ3n) is 3.76. The summed E-state index contributed by atoms with van der Waals surface area (Å²) in [6.07, 6.45) is 0.778. The number of thiophene rings is 1. The first-order valence-corrected chi connectivity index (χ1v) is 7.12. The van der Waals surface area contributed by atoms with Gasteiger partial charge in [0.2, 0.25) is 5.91 Å². The van der Waals surface area contributed by atoms with E-state index < -0.39 is 11.7 Å². The molecule has 1 fully saturated rings. The zero-order valence-electron chi connectivity index (χ0n) is 10.5. The lowest BCUT2D eigenvalue weighted by Crippen LogP contribution is -2.53. The van der Waals surface area contributed by atoms with Gasteiger partial charge >= 0.3 is 0 Å². The topological polar surface area (TPSA) is 49.8 Å². The van der Waals surface area contributed by atoms with E-state index in [0.29, 0.717) is 6.42 Å². The van der Waals surface area contributed by atoms with Gasteiger partial charge in [-0.15, -0.1) is 11.3 Å². The number of rotatable bonds is 1. The molecule has 2 aliphatic heterocycles. The Balaban J connectivity index is 2.04. The Labute approximate surface area is 110 Å². The van der Waals surface area contributed by atoms with Gasteiger partial charge in [0.25, 0.3) is 0 Å². The van der Waals surface area contributed by atoms with Crippen molar-refractivity contribution in [2.45, 2.75) is 44.4 Å². The fraction of sp³-hybridized carbons (Fsp3) is 0.615. The zero-order chi connectivity index (χ0) is 12.9. The van der Waals surface area contributed by atoms with Crippen LogP contribution < -0.4 is 4.74 Å². The summed E-state index contributed by atoms with van der Waals surface area (Å²) in [5.41, 5.74) is -0.665. The molecule has 98 valence electrons. The van der Waals surface area contributed by atoms with Crippen LogP contribution in [0.5, 0.6) is 5.75 Å². The monoisotopic (exact) mass is 267 g/mol. The standard InChI is InChI=1S/C13H17NO3S/c1-13(2)12(16)10(14-6-3-4-9(14)15)11-8(17-13)5-7-18-11/h5,7,10,12,16H,3-4,6H2,1-2H3/t10-,12+/m1/s1. The number of amides is 1. The van der Waals surface area contributed by atoms with E-state index in [1.807, 2.05) is 30.2 Å². The maximum absolute atomic E-state index is 11.9. The molecule has 4 nitrogen and oxygen atoms in total. The Kier molecular flexibility index (Phi) is 2.64. The Morgan fingerprint density at radius 3 is 3.00 bits per heavy atom. The minimum atomic E-state index is -0.689. The largest absolute Gasteiger partial charge is 0.484 e. The van der Waals surface area contributed by atoms with Crippen LogP contribution in [0.2, 0.25) is 0 Å².